The van der Waals surface area contributed by atoms with Crippen molar-refractivity contribution in [1.29, 1.82) is 0 Å². The zero-order valence-corrected chi connectivity index (χ0v) is 21.1. The molecule has 37 heavy (non-hydrogen) atoms. The van der Waals surface area contributed by atoms with E-state index in [9.17, 15) is 9.59 Å². The largest absolute Gasteiger partial charge is 0.494 e. The van der Waals surface area contributed by atoms with Crippen LogP contribution in [0.4, 0.5) is 5.69 Å². The Morgan fingerprint density at radius 3 is 2.70 bits per heavy atom. The van der Waals surface area contributed by atoms with Gasteiger partial charge in [-0.05, 0) is 55.7 Å². The highest BCUT2D eigenvalue weighted by Crippen LogP contribution is 2.33. The summed E-state index contributed by atoms with van der Waals surface area (Å²) in [5.41, 5.74) is 2.42. The molecule has 5 rings (SSSR count). The standard InChI is InChI=1S/C30H33N3O4/c1-2-36-24-13-8-12-23(19-24)33(28(34)18-21-20-31-26-15-7-6-14-25(21)26)29(27-16-9-17-37-27)30(35)32-22-10-4-3-5-11-22/h6-9,12-17,19-20,22,29,31H,2-5,10-11,18H2,1H3,(H,32,35)/t29-/m1/s1. The number of hydrogen-bond donors (Lipinski definition) is 2. The molecular formula is C30H33N3O4. The molecule has 0 unspecified atom stereocenters. The summed E-state index contributed by atoms with van der Waals surface area (Å²) in [5, 5.41) is 4.20. The van der Waals surface area contributed by atoms with Crippen molar-refractivity contribution in [2.45, 2.75) is 57.5 Å². The van der Waals surface area contributed by atoms with Crippen LogP contribution in [0.5, 0.6) is 5.75 Å². The lowest BCUT2D eigenvalue weighted by molar-refractivity contribution is -0.127. The number of aromatic amines is 1. The molecule has 1 aliphatic carbocycles. The van der Waals surface area contributed by atoms with Gasteiger partial charge in [0.1, 0.15) is 11.5 Å². The minimum absolute atomic E-state index is 0.0963. The molecule has 1 fully saturated rings. The fraction of sp³-hybridized carbons (Fsp3) is 0.333. The number of nitrogens with one attached hydrogen (secondary N) is 2. The molecule has 2 N–H and O–H groups in total. The van der Waals surface area contributed by atoms with Gasteiger partial charge in [-0.1, -0.05) is 43.5 Å². The summed E-state index contributed by atoms with van der Waals surface area (Å²) in [6, 6.07) is 17.9. The molecule has 1 aliphatic rings. The Labute approximate surface area is 216 Å². The number of ether oxygens (including phenoxy) is 1. The molecule has 2 amide bonds. The van der Waals surface area contributed by atoms with Crippen LogP contribution in [-0.4, -0.2) is 29.4 Å². The predicted molar refractivity (Wildman–Crippen MR) is 144 cm³/mol. The highest BCUT2D eigenvalue weighted by atomic mass is 16.5. The maximum atomic E-state index is 14.1. The number of anilines is 1. The molecular weight excluding hydrogens is 466 g/mol. The number of H-pyrrole nitrogens is 1. The van der Waals surface area contributed by atoms with Crippen molar-refractivity contribution in [1.82, 2.24) is 10.3 Å². The van der Waals surface area contributed by atoms with Crippen molar-refractivity contribution < 1.29 is 18.7 Å². The first-order chi connectivity index (χ1) is 18.1. The third-order valence-electron chi connectivity index (χ3n) is 6.96. The predicted octanol–water partition coefficient (Wildman–Crippen LogP) is 5.93. The third kappa shape index (κ3) is 5.56. The summed E-state index contributed by atoms with van der Waals surface area (Å²) in [4.78, 5) is 32.8. The number of para-hydroxylation sites is 1. The number of fused-ring (bicyclic) bond motifs is 1. The number of aromatic nitrogens is 1. The zero-order valence-electron chi connectivity index (χ0n) is 21.1. The summed E-state index contributed by atoms with van der Waals surface area (Å²) in [7, 11) is 0. The van der Waals surface area contributed by atoms with Gasteiger partial charge in [0.2, 0.25) is 5.91 Å². The van der Waals surface area contributed by atoms with Crippen LogP contribution in [0, 0.1) is 0 Å². The van der Waals surface area contributed by atoms with Gasteiger partial charge >= 0.3 is 0 Å². The second kappa shape index (κ2) is 11.4. The lowest BCUT2D eigenvalue weighted by atomic mass is 9.95. The number of benzene rings is 2. The zero-order chi connectivity index (χ0) is 25.6. The number of carbonyl (C=O) groups excluding carboxylic acids is 2. The molecule has 7 heteroatoms. The Balaban J connectivity index is 1.54. The fourth-order valence-corrected chi connectivity index (χ4v) is 5.20. The molecule has 7 nitrogen and oxygen atoms in total. The molecule has 1 saturated carbocycles. The average Bonchev–Trinajstić information content (AvgIpc) is 3.59. The van der Waals surface area contributed by atoms with E-state index in [4.69, 9.17) is 9.15 Å². The summed E-state index contributed by atoms with van der Waals surface area (Å²) < 4.78 is 11.5. The van der Waals surface area contributed by atoms with Crippen molar-refractivity contribution in [2.24, 2.45) is 0 Å². The monoisotopic (exact) mass is 499 g/mol. The topological polar surface area (TPSA) is 87.6 Å². The van der Waals surface area contributed by atoms with Gasteiger partial charge < -0.3 is 19.5 Å². The van der Waals surface area contributed by atoms with Gasteiger partial charge in [0.25, 0.3) is 5.91 Å². The molecule has 192 valence electrons. The van der Waals surface area contributed by atoms with Crippen LogP contribution in [0.15, 0.2) is 77.5 Å². The summed E-state index contributed by atoms with van der Waals surface area (Å²) in [6.45, 7) is 2.41. The van der Waals surface area contributed by atoms with E-state index in [0.717, 1.165) is 42.1 Å². The van der Waals surface area contributed by atoms with Gasteiger partial charge in [0.05, 0.1) is 19.3 Å². The number of furan rings is 1. The average molecular weight is 500 g/mol. The van der Waals surface area contributed by atoms with E-state index >= 15 is 0 Å². The molecule has 0 bridgehead atoms. The van der Waals surface area contributed by atoms with Crippen LogP contribution in [-0.2, 0) is 16.0 Å². The summed E-state index contributed by atoms with van der Waals surface area (Å²) in [5.74, 6) is 0.604. The maximum absolute atomic E-state index is 14.1. The van der Waals surface area contributed by atoms with Crippen molar-refractivity contribution in [3.63, 3.8) is 0 Å². The van der Waals surface area contributed by atoms with Crippen molar-refractivity contribution >= 4 is 28.4 Å². The van der Waals surface area contributed by atoms with E-state index in [2.05, 4.69) is 10.3 Å². The second-order valence-corrected chi connectivity index (χ2v) is 9.49. The molecule has 2 heterocycles. The van der Waals surface area contributed by atoms with Crippen LogP contribution < -0.4 is 15.0 Å². The van der Waals surface area contributed by atoms with Crippen LogP contribution in [0.1, 0.15) is 56.4 Å². The van der Waals surface area contributed by atoms with E-state index in [-0.39, 0.29) is 24.3 Å². The molecule has 0 radical (unpaired) electrons. The van der Waals surface area contributed by atoms with Gasteiger partial charge in [0, 0.05) is 34.9 Å². The van der Waals surface area contributed by atoms with Gasteiger partial charge in [-0.2, -0.15) is 0 Å². The molecule has 4 aromatic rings. The normalized spacial score (nSPS) is 14.8. The van der Waals surface area contributed by atoms with E-state index in [1.165, 1.54) is 12.7 Å². The van der Waals surface area contributed by atoms with E-state index < -0.39 is 6.04 Å². The number of nitrogens with zero attached hydrogens (tertiary/aromatic N) is 1. The third-order valence-corrected chi connectivity index (χ3v) is 6.96. The summed E-state index contributed by atoms with van der Waals surface area (Å²) >= 11 is 0. The first-order valence-corrected chi connectivity index (χ1v) is 13.1. The Morgan fingerprint density at radius 1 is 1.08 bits per heavy atom. The first kappa shape index (κ1) is 24.7. The first-order valence-electron chi connectivity index (χ1n) is 13.1. The smallest absolute Gasteiger partial charge is 0.251 e. The van der Waals surface area contributed by atoms with Crippen molar-refractivity contribution in [3.05, 3.63) is 84.4 Å². The van der Waals surface area contributed by atoms with Crippen LogP contribution in [0.3, 0.4) is 0 Å². The van der Waals surface area contributed by atoms with Gasteiger partial charge in [-0.25, -0.2) is 0 Å². The van der Waals surface area contributed by atoms with E-state index in [1.54, 1.807) is 23.1 Å². The van der Waals surface area contributed by atoms with E-state index in [1.807, 2.05) is 55.6 Å². The molecule has 0 saturated heterocycles. The quantitative estimate of drug-likeness (QED) is 0.299. The fourth-order valence-electron chi connectivity index (χ4n) is 5.20. The maximum Gasteiger partial charge on any atom is 0.251 e. The number of amides is 2. The lowest BCUT2D eigenvalue weighted by Crippen LogP contribution is -2.47. The lowest BCUT2D eigenvalue weighted by Gasteiger charge is -2.32. The van der Waals surface area contributed by atoms with Crippen LogP contribution >= 0.6 is 0 Å². The molecule has 0 aliphatic heterocycles. The van der Waals surface area contributed by atoms with Crippen molar-refractivity contribution in [3.8, 4) is 5.75 Å². The van der Waals surface area contributed by atoms with Crippen LogP contribution in [0.2, 0.25) is 0 Å². The Bertz CT molecular complexity index is 1340. The van der Waals surface area contributed by atoms with Crippen molar-refractivity contribution in [2.75, 3.05) is 11.5 Å². The van der Waals surface area contributed by atoms with Crippen LogP contribution in [0.25, 0.3) is 10.9 Å². The molecule has 2 aromatic heterocycles. The Hall–Kier alpha value is -4.00. The molecule has 0 spiro atoms. The second-order valence-electron chi connectivity index (χ2n) is 9.49. The highest BCUT2D eigenvalue weighted by Gasteiger charge is 2.36. The highest BCUT2D eigenvalue weighted by molar-refractivity contribution is 6.03. The number of rotatable bonds is 9. The van der Waals surface area contributed by atoms with Gasteiger partial charge in [0.15, 0.2) is 6.04 Å². The minimum atomic E-state index is -0.952. The SMILES string of the molecule is CCOc1cccc(N(C(=O)Cc2c[nH]c3ccccc23)[C@@H](C(=O)NC2CCCCC2)c2ccco2)c1. The Morgan fingerprint density at radius 2 is 1.92 bits per heavy atom. The number of carbonyl (C=O) groups is 2. The Kier molecular flexibility index (Phi) is 7.59. The van der Waals surface area contributed by atoms with Gasteiger partial charge in [-0.3, -0.25) is 14.5 Å². The van der Waals surface area contributed by atoms with E-state index in [0.29, 0.717) is 23.8 Å². The molecule has 2 aromatic carbocycles. The van der Waals surface area contributed by atoms with Gasteiger partial charge in [-0.15, -0.1) is 0 Å². The minimum Gasteiger partial charge on any atom is -0.494 e. The number of hydrogen-bond acceptors (Lipinski definition) is 4. The summed E-state index contributed by atoms with van der Waals surface area (Å²) in [6.07, 6.45) is 8.78. The molecule has 1 atom stereocenters.